The molecule has 10 rings (SSSR count). The molecule has 3 heterocycles. The van der Waals surface area contributed by atoms with Gasteiger partial charge in [0.15, 0.2) is 0 Å². The Balaban J connectivity index is 1.31. The van der Waals surface area contributed by atoms with Crippen molar-refractivity contribution in [2.45, 2.75) is 0 Å². The standard InChI is InChI=1S/C42H25NS2/c1-2-13-27(14-3-1)43-35-21-9-8-18-33(35)42-40(43)39-32(20-11-23-37(39)45-42)30-17-7-6-16-29(30)31-19-10-22-36-38(31)34-25-24-26-12-4-5-15-28(26)41(34)44-36/h1-25H. The zero-order chi connectivity index (χ0) is 29.5. The lowest BCUT2D eigenvalue weighted by molar-refractivity contribution is 1.19. The molecule has 0 fully saturated rings. The van der Waals surface area contributed by atoms with E-state index in [-0.39, 0.29) is 0 Å². The smallest absolute Gasteiger partial charge is 0.0734 e. The molecule has 0 spiro atoms. The van der Waals surface area contributed by atoms with Crippen LogP contribution in [0.5, 0.6) is 0 Å². The number of benzene rings is 7. The molecule has 0 amide bonds. The van der Waals surface area contributed by atoms with E-state index in [1.54, 1.807) is 0 Å². The van der Waals surface area contributed by atoms with E-state index in [0.29, 0.717) is 0 Å². The second-order valence-corrected chi connectivity index (χ2v) is 13.7. The Kier molecular flexibility index (Phi) is 5.39. The van der Waals surface area contributed by atoms with Gasteiger partial charge in [-0.2, -0.15) is 0 Å². The molecular weight excluding hydrogens is 583 g/mol. The maximum absolute atomic E-state index is 2.47. The molecule has 0 aliphatic heterocycles. The number of rotatable bonds is 3. The maximum Gasteiger partial charge on any atom is 0.0734 e. The monoisotopic (exact) mass is 607 g/mol. The van der Waals surface area contributed by atoms with Crippen molar-refractivity contribution in [1.82, 2.24) is 4.57 Å². The molecule has 0 bridgehead atoms. The van der Waals surface area contributed by atoms with E-state index >= 15 is 0 Å². The number of para-hydroxylation sites is 2. The van der Waals surface area contributed by atoms with E-state index in [0.717, 1.165) is 0 Å². The molecule has 45 heavy (non-hydrogen) atoms. The molecule has 3 heteroatoms. The van der Waals surface area contributed by atoms with E-state index in [2.05, 4.69) is 156 Å². The van der Waals surface area contributed by atoms with Crippen molar-refractivity contribution in [2.24, 2.45) is 0 Å². The first-order valence-corrected chi connectivity index (χ1v) is 16.9. The van der Waals surface area contributed by atoms with Gasteiger partial charge < -0.3 is 4.57 Å². The molecule has 0 aliphatic carbocycles. The van der Waals surface area contributed by atoms with E-state index in [1.807, 2.05) is 22.7 Å². The summed E-state index contributed by atoms with van der Waals surface area (Å²) in [6, 6.07) is 55.6. The van der Waals surface area contributed by atoms with Crippen LogP contribution < -0.4 is 0 Å². The van der Waals surface area contributed by atoms with Gasteiger partial charge in [0, 0.05) is 41.3 Å². The summed E-state index contributed by atoms with van der Waals surface area (Å²) < 4.78 is 7.81. The van der Waals surface area contributed by atoms with E-state index in [9.17, 15) is 0 Å². The Labute approximate surface area is 267 Å². The third kappa shape index (κ3) is 3.60. The summed E-state index contributed by atoms with van der Waals surface area (Å²) in [5, 5.41) is 7.92. The van der Waals surface area contributed by atoms with Crippen molar-refractivity contribution < 1.29 is 0 Å². The van der Waals surface area contributed by atoms with Crippen LogP contribution in [0.2, 0.25) is 0 Å². The Morgan fingerprint density at radius 1 is 0.378 bits per heavy atom. The first-order chi connectivity index (χ1) is 22.3. The molecule has 0 saturated carbocycles. The minimum absolute atomic E-state index is 1.19. The van der Waals surface area contributed by atoms with Crippen LogP contribution in [0.15, 0.2) is 152 Å². The lowest BCUT2D eigenvalue weighted by atomic mass is 9.90. The SMILES string of the molecule is c1ccc(-n2c3ccccc3c3sc4cccc(-c5ccccc5-c5cccc6sc7c8ccccc8ccc7c56)c4c32)cc1. The number of hydrogen-bond acceptors (Lipinski definition) is 2. The van der Waals surface area contributed by atoms with Gasteiger partial charge in [-0.1, -0.05) is 121 Å². The third-order valence-electron chi connectivity index (χ3n) is 9.21. The molecule has 0 saturated heterocycles. The van der Waals surface area contributed by atoms with Crippen molar-refractivity contribution in [1.29, 1.82) is 0 Å². The highest BCUT2D eigenvalue weighted by Gasteiger charge is 2.22. The summed E-state index contributed by atoms with van der Waals surface area (Å²) in [6.45, 7) is 0. The Hall–Kier alpha value is -5.22. The summed E-state index contributed by atoms with van der Waals surface area (Å²) in [6.07, 6.45) is 0. The molecule has 210 valence electrons. The van der Waals surface area contributed by atoms with Crippen LogP contribution in [-0.2, 0) is 0 Å². The molecule has 0 atom stereocenters. The van der Waals surface area contributed by atoms with Crippen LogP contribution in [0.25, 0.3) is 90.1 Å². The van der Waals surface area contributed by atoms with Gasteiger partial charge in [0.25, 0.3) is 0 Å². The highest BCUT2D eigenvalue weighted by molar-refractivity contribution is 7.27. The lowest BCUT2D eigenvalue weighted by Crippen LogP contribution is -1.94. The first kappa shape index (κ1) is 25.1. The maximum atomic E-state index is 2.47. The van der Waals surface area contributed by atoms with Gasteiger partial charge in [0.05, 0.1) is 15.7 Å². The molecule has 0 unspecified atom stereocenters. The number of hydrogen-bond donors (Lipinski definition) is 0. The zero-order valence-electron chi connectivity index (χ0n) is 24.2. The molecule has 7 aromatic carbocycles. The Morgan fingerprint density at radius 3 is 1.78 bits per heavy atom. The highest BCUT2D eigenvalue weighted by atomic mass is 32.1. The number of aromatic nitrogens is 1. The minimum atomic E-state index is 1.19. The fraction of sp³-hybridized carbons (Fsp3) is 0. The average molecular weight is 608 g/mol. The van der Waals surface area contributed by atoms with Gasteiger partial charge >= 0.3 is 0 Å². The van der Waals surface area contributed by atoms with Gasteiger partial charge in [0.2, 0.25) is 0 Å². The molecule has 1 nitrogen and oxygen atoms in total. The Bertz CT molecular complexity index is 2760. The van der Waals surface area contributed by atoms with Crippen LogP contribution in [0, 0.1) is 0 Å². The molecule has 0 aliphatic rings. The molecule has 3 aromatic heterocycles. The molecule has 0 N–H and O–H groups in total. The van der Waals surface area contributed by atoms with Crippen molar-refractivity contribution in [3.8, 4) is 27.9 Å². The number of nitrogens with zero attached hydrogens (tertiary/aromatic N) is 1. The van der Waals surface area contributed by atoms with Crippen molar-refractivity contribution in [2.75, 3.05) is 0 Å². The minimum Gasteiger partial charge on any atom is -0.308 e. The quantitative estimate of drug-likeness (QED) is 0.188. The van der Waals surface area contributed by atoms with E-state index < -0.39 is 0 Å². The summed E-state index contributed by atoms with van der Waals surface area (Å²) in [7, 11) is 0. The predicted molar refractivity (Wildman–Crippen MR) is 197 cm³/mol. The molecular formula is C42H25NS2. The molecule has 0 radical (unpaired) electrons. The van der Waals surface area contributed by atoms with Gasteiger partial charge in [0.1, 0.15) is 0 Å². The highest BCUT2D eigenvalue weighted by Crippen LogP contribution is 2.49. The van der Waals surface area contributed by atoms with Gasteiger partial charge in [-0.3, -0.25) is 0 Å². The second kappa shape index (κ2) is 9.64. The van der Waals surface area contributed by atoms with Crippen LogP contribution in [0.3, 0.4) is 0 Å². The van der Waals surface area contributed by atoms with Crippen LogP contribution in [0.4, 0.5) is 0 Å². The second-order valence-electron chi connectivity index (χ2n) is 11.6. The fourth-order valence-corrected chi connectivity index (χ4v) is 9.82. The summed E-state index contributed by atoms with van der Waals surface area (Å²) in [5.41, 5.74) is 8.82. The normalized spacial score (nSPS) is 12.0. The average Bonchev–Trinajstić information content (AvgIpc) is 3.78. The van der Waals surface area contributed by atoms with Crippen LogP contribution in [0.1, 0.15) is 0 Å². The van der Waals surface area contributed by atoms with Crippen molar-refractivity contribution >= 4 is 84.8 Å². The molecule has 10 aromatic rings. The summed E-state index contributed by atoms with van der Waals surface area (Å²) in [5.74, 6) is 0. The van der Waals surface area contributed by atoms with E-state index in [1.165, 1.54) is 90.1 Å². The number of thiophene rings is 2. The van der Waals surface area contributed by atoms with Crippen molar-refractivity contribution in [3.05, 3.63) is 152 Å². The van der Waals surface area contributed by atoms with Crippen LogP contribution >= 0.6 is 22.7 Å². The van der Waals surface area contributed by atoms with E-state index in [4.69, 9.17) is 0 Å². The topological polar surface area (TPSA) is 4.93 Å². The number of fused-ring (bicyclic) bond motifs is 10. The lowest BCUT2D eigenvalue weighted by Gasteiger charge is -2.14. The van der Waals surface area contributed by atoms with Gasteiger partial charge in [-0.25, -0.2) is 0 Å². The van der Waals surface area contributed by atoms with Gasteiger partial charge in [-0.15, -0.1) is 22.7 Å². The Morgan fingerprint density at radius 2 is 0.978 bits per heavy atom. The van der Waals surface area contributed by atoms with Gasteiger partial charge in [-0.05, 0) is 63.4 Å². The summed E-state index contributed by atoms with van der Waals surface area (Å²) in [4.78, 5) is 0. The first-order valence-electron chi connectivity index (χ1n) is 15.3. The fourth-order valence-electron chi connectivity index (χ4n) is 7.31. The predicted octanol–water partition coefficient (Wildman–Crippen LogP) is 12.9. The van der Waals surface area contributed by atoms with Crippen LogP contribution in [-0.4, -0.2) is 4.57 Å². The summed E-state index contributed by atoms with van der Waals surface area (Å²) >= 11 is 3.81. The largest absolute Gasteiger partial charge is 0.308 e. The third-order valence-corrected chi connectivity index (χ3v) is 11.6. The zero-order valence-corrected chi connectivity index (χ0v) is 25.8. The van der Waals surface area contributed by atoms with Crippen molar-refractivity contribution in [3.63, 3.8) is 0 Å².